The molecule has 4 nitrogen and oxygen atoms in total. The van der Waals surface area contributed by atoms with Crippen molar-refractivity contribution in [2.75, 3.05) is 0 Å². The molecule has 0 bridgehead atoms. The number of carbonyl (C=O) groups is 1. The number of carboxylic acids is 1. The number of aliphatic hydroxyl groups excluding tert-OH is 1. The molecule has 2 aromatic carbocycles. The molecule has 1 unspecified atom stereocenters. The van der Waals surface area contributed by atoms with Gasteiger partial charge in [-0.2, -0.15) is 0 Å². The van der Waals surface area contributed by atoms with Crippen LogP contribution in [0.5, 0.6) is 0 Å². The summed E-state index contributed by atoms with van der Waals surface area (Å²) >= 11 is 0. The van der Waals surface area contributed by atoms with Crippen LogP contribution in [0, 0.1) is 0 Å². The second-order valence-corrected chi connectivity index (χ2v) is 8.31. The number of unbranched alkanes of at least 4 members (excludes halogenated alkanes) is 5. The SMILES string of the molecule is CCCCCCCCC(O)c1ccc2ccc(CCc3cccc(C(=O)[O-])c3)nc2c1. The van der Waals surface area contributed by atoms with Crippen LogP contribution in [0.4, 0.5) is 0 Å². The molecule has 4 heteroatoms. The number of carbonyl (C=O) groups excluding carboxylic acids is 1. The average molecular weight is 419 g/mol. The number of aryl methyl sites for hydroxylation is 2. The van der Waals surface area contributed by atoms with Gasteiger partial charge in [0.1, 0.15) is 0 Å². The van der Waals surface area contributed by atoms with Gasteiger partial charge in [0.05, 0.1) is 17.6 Å². The number of hydrogen-bond donors (Lipinski definition) is 1. The van der Waals surface area contributed by atoms with Gasteiger partial charge in [-0.1, -0.05) is 81.8 Å². The number of hydrogen-bond acceptors (Lipinski definition) is 4. The van der Waals surface area contributed by atoms with E-state index < -0.39 is 12.1 Å². The molecule has 31 heavy (non-hydrogen) atoms. The maximum absolute atomic E-state index is 11.0. The first-order chi connectivity index (χ1) is 15.1. The van der Waals surface area contributed by atoms with Gasteiger partial charge < -0.3 is 15.0 Å². The normalized spacial score (nSPS) is 12.2. The van der Waals surface area contributed by atoms with Gasteiger partial charge in [-0.15, -0.1) is 0 Å². The quantitative estimate of drug-likeness (QED) is 0.412. The van der Waals surface area contributed by atoms with Gasteiger partial charge in [-0.05, 0) is 54.2 Å². The lowest BCUT2D eigenvalue weighted by atomic mass is 10.00. The van der Waals surface area contributed by atoms with Crippen molar-refractivity contribution in [2.45, 2.75) is 70.8 Å². The molecule has 3 aromatic rings. The van der Waals surface area contributed by atoms with Crippen LogP contribution >= 0.6 is 0 Å². The monoisotopic (exact) mass is 418 g/mol. The predicted molar refractivity (Wildman–Crippen MR) is 123 cm³/mol. The molecule has 164 valence electrons. The van der Waals surface area contributed by atoms with Gasteiger partial charge in [0.2, 0.25) is 0 Å². The van der Waals surface area contributed by atoms with Crippen molar-refractivity contribution in [1.29, 1.82) is 0 Å². The summed E-state index contributed by atoms with van der Waals surface area (Å²) in [4.78, 5) is 15.8. The number of aromatic nitrogens is 1. The summed E-state index contributed by atoms with van der Waals surface area (Å²) in [5.41, 5.74) is 3.92. The van der Waals surface area contributed by atoms with Gasteiger partial charge >= 0.3 is 0 Å². The van der Waals surface area contributed by atoms with Crippen molar-refractivity contribution < 1.29 is 15.0 Å². The fraction of sp³-hybridized carbons (Fsp3) is 0.407. The lowest BCUT2D eigenvalue weighted by molar-refractivity contribution is -0.255. The van der Waals surface area contributed by atoms with Crippen LogP contribution in [0.1, 0.15) is 85.2 Å². The molecule has 1 N–H and O–H groups in total. The maximum atomic E-state index is 11.0. The van der Waals surface area contributed by atoms with E-state index in [1.165, 1.54) is 32.1 Å². The highest BCUT2D eigenvalue weighted by Gasteiger charge is 2.09. The first-order valence-electron chi connectivity index (χ1n) is 11.4. The van der Waals surface area contributed by atoms with Crippen molar-refractivity contribution in [2.24, 2.45) is 0 Å². The molecule has 0 spiro atoms. The summed E-state index contributed by atoms with van der Waals surface area (Å²) in [7, 11) is 0. The van der Waals surface area contributed by atoms with Gasteiger partial charge in [0, 0.05) is 11.1 Å². The molecule has 0 fully saturated rings. The van der Waals surface area contributed by atoms with Crippen molar-refractivity contribution >= 4 is 16.9 Å². The van der Waals surface area contributed by atoms with Crippen LogP contribution in [0.2, 0.25) is 0 Å². The van der Waals surface area contributed by atoms with Crippen LogP contribution in [0.15, 0.2) is 54.6 Å². The van der Waals surface area contributed by atoms with Crippen LogP contribution in [0.25, 0.3) is 10.9 Å². The van der Waals surface area contributed by atoms with Gasteiger partial charge in [0.25, 0.3) is 0 Å². The van der Waals surface area contributed by atoms with E-state index in [-0.39, 0.29) is 5.56 Å². The van der Waals surface area contributed by atoms with Crippen molar-refractivity contribution in [3.05, 3.63) is 77.0 Å². The van der Waals surface area contributed by atoms with Crippen molar-refractivity contribution in [3.8, 4) is 0 Å². The number of carboxylic acid groups (broad SMARTS) is 1. The Balaban J connectivity index is 1.60. The molecule has 1 aromatic heterocycles. The first kappa shape index (κ1) is 23.0. The minimum atomic E-state index is -1.15. The number of aromatic carboxylic acids is 1. The molecular weight excluding hydrogens is 386 g/mol. The van der Waals surface area contributed by atoms with E-state index in [2.05, 4.69) is 13.0 Å². The van der Waals surface area contributed by atoms with Crippen molar-refractivity contribution in [1.82, 2.24) is 4.98 Å². The third-order valence-corrected chi connectivity index (χ3v) is 5.82. The molecule has 0 amide bonds. The maximum Gasteiger partial charge on any atom is 0.0790 e. The summed E-state index contributed by atoms with van der Waals surface area (Å²) in [6.45, 7) is 2.22. The van der Waals surface area contributed by atoms with Crippen LogP contribution < -0.4 is 5.11 Å². The van der Waals surface area contributed by atoms with E-state index in [9.17, 15) is 15.0 Å². The van der Waals surface area contributed by atoms with E-state index >= 15 is 0 Å². The zero-order valence-electron chi connectivity index (χ0n) is 18.3. The Bertz CT molecular complexity index is 999. The molecule has 1 heterocycles. The smallest absolute Gasteiger partial charge is 0.0790 e. The molecule has 0 saturated heterocycles. The molecule has 0 radical (unpaired) electrons. The lowest BCUT2D eigenvalue weighted by Crippen LogP contribution is -2.22. The number of nitrogens with zero attached hydrogens (tertiary/aromatic N) is 1. The van der Waals surface area contributed by atoms with Crippen molar-refractivity contribution in [3.63, 3.8) is 0 Å². The number of benzene rings is 2. The number of pyridine rings is 1. The Kier molecular flexibility index (Phi) is 8.60. The van der Waals surface area contributed by atoms with E-state index in [0.29, 0.717) is 6.42 Å². The van der Waals surface area contributed by atoms with Crippen LogP contribution in [-0.2, 0) is 12.8 Å². The third kappa shape index (κ3) is 6.90. The standard InChI is InChI=1S/C27H33NO3/c1-2-3-4-5-6-7-11-26(29)22-14-13-21-15-17-24(28-25(21)19-22)16-12-20-9-8-10-23(18-20)27(30)31/h8-10,13-15,17-19,26,29H,2-7,11-12,16H2,1H3,(H,30,31)/p-1. The molecule has 3 rings (SSSR count). The first-order valence-corrected chi connectivity index (χ1v) is 11.4. The third-order valence-electron chi connectivity index (χ3n) is 5.82. The fourth-order valence-electron chi connectivity index (χ4n) is 3.93. The zero-order chi connectivity index (χ0) is 22.1. The molecule has 0 aliphatic carbocycles. The lowest BCUT2D eigenvalue weighted by Gasteiger charge is -2.12. The second-order valence-electron chi connectivity index (χ2n) is 8.31. The van der Waals surface area contributed by atoms with E-state index in [4.69, 9.17) is 4.98 Å². The number of fused-ring (bicyclic) bond motifs is 1. The molecule has 0 aliphatic heterocycles. The Labute approximate surface area is 185 Å². The van der Waals surface area contributed by atoms with E-state index in [1.54, 1.807) is 18.2 Å². The Morgan fingerprint density at radius 2 is 1.74 bits per heavy atom. The van der Waals surface area contributed by atoms with Gasteiger partial charge in [0.15, 0.2) is 0 Å². The number of aliphatic hydroxyl groups is 1. The summed E-state index contributed by atoms with van der Waals surface area (Å²) in [6.07, 6.45) is 9.05. The van der Waals surface area contributed by atoms with E-state index in [1.807, 2.05) is 30.3 Å². The Morgan fingerprint density at radius 1 is 0.968 bits per heavy atom. The molecule has 1 atom stereocenters. The highest BCUT2D eigenvalue weighted by Crippen LogP contribution is 2.24. The largest absolute Gasteiger partial charge is 0.545 e. The minimum absolute atomic E-state index is 0.202. The van der Waals surface area contributed by atoms with Gasteiger partial charge in [-0.3, -0.25) is 4.98 Å². The van der Waals surface area contributed by atoms with Crippen LogP contribution in [0.3, 0.4) is 0 Å². The molecule has 0 saturated carbocycles. The minimum Gasteiger partial charge on any atom is -0.545 e. The average Bonchev–Trinajstić information content (AvgIpc) is 2.79. The number of rotatable bonds is 12. The van der Waals surface area contributed by atoms with Crippen LogP contribution in [-0.4, -0.2) is 16.1 Å². The zero-order valence-corrected chi connectivity index (χ0v) is 18.3. The fourth-order valence-corrected chi connectivity index (χ4v) is 3.93. The summed E-state index contributed by atoms with van der Waals surface area (Å²) in [5.74, 6) is -1.15. The predicted octanol–water partition coefficient (Wildman–Crippen LogP) is 5.17. The molecular formula is C27H32NO3-. The highest BCUT2D eigenvalue weighted by molar-refractivity contribution is 5.85. The Hall–Kier alpha value is -2.72. The highest BCUT2D eigenvalue weighted by atomic mass is 16.4. The topological polar surface area (TPSA) is 73.2 Å². The van der Waals surface area contributed by atoms with E-state index in [0.717, 1.165) is 47.0 Å². The second kappa shape index (κ2) is 11.6. The summed E-state index contributed by atoms with van der Waals surface area (Å²) < 4.78 is 0. The summed E-state index contributed by atoms with van der Waals surface area (Å²) in [5, 5.41) is 22.7. The molecule has 0 aliphatic rings. The Morgan fingerprint density at radius 3 is 2.55 bits per heavy atom. The van der Waals surface area contributed by atoms with Gasteiger partial charge in [-0.25, -0.2) is 0 Å². The summed E-state index contributed by atoms with van der Waals surface area (Å²) in [6, 6.07) is 17.0.